The molecule has 1 aromatic heterocycles. The van der Waals surface area contributed by atoms with Crippen LogP contribution in [0.2, 0.25) is 0 Å². The van der Waals surface area contributed by atoms with E-state index >= 15 is 0 Å². The van der Waals surface area contributed by atoms with E-state index in [0.717, 1.165) is 12.1 Å². The molecule has 5 nitrogen and oxygen atoms in total. The van der Waals surface area contributed by atoms with Crippen molar-refractivity contribution >= 4 is 5.91 Å². The Morgan fingerprint density at radius 2 is 2.16 bits per heavy atom. The SMILES string of the molecule is CCOCC(=O)N(CCN(C)C)Cc1cccnc1. The van der Waals surface area contributed by atoms with Gasteiger partial charge in [0.05, 0.1) is 0 Å². The van der Waals surface area contributed by atoms with Crippen molar-refractivity contribution in [1.29, 1.82) is 0 Å². The Labute approximate surface area is 115 Å². The van der Waals surface area contributed by atoms with Crippen LogP contribution in [0.25, 0.3) is 0 Å². The van der Waals surface area contributed by atoms with E-state index in [1.807, 2.05) is 38.1 Å². The molecule has 5 heteroatoms. The lowest BCUT2D eigenvalue weighted by Gasteiger charge is -2.24. The largest absolute Gasteiger partial charge is 0.372 e. The highest BCUT2D eigenvalue weighted by atomic mass is 16.5. The lowest BCUT2D eigenvalue weighted by molar-refractivity contribution is -0.136. The zero-order valence-corrected chi connectivity index (χ0v) is 12.0. The minimum absolute atomic E-state index is 0.0209. The highest BCUT2D eigenvalue weighted by molar-refractivity contribution is 5.77. The molecule has 0 saturated carbocycles. The van der Waals surface area contributed by atoms with E-state index in [-0.39, 0.29) is 12.5 Å². The van der Waals surface area contributed by atoms with E-state index in [9.17, 15) is 4.79 Å². The van der Waals surface area contributed by atoms with Crippen LogP contribution in [0.5, 0.6) is 0 Å². The van der Waals surface area contributed by atoms with Gasteiger partial charge in [-0.15, -0.1) is 0 Å². The molecule has 106 valence electrons. The van der Waals surface area contributed by atoms with Crippen LogP contribution >= 0.6 is 0 Å². The highest BCUT2D eigenvalue weighted by Crippen LogP contribution is 2.03. The molecule has 0 fully saturated rings. The molecule has 1 heterocycles. The quantitative estimate of drug-likeness (QED) is 0.704. The van der Waals surface area contributed by atoms with E-state index < -0.39 is 0 Å². The molecule has 0 bridgehead atoms. The van der Waals surface area contributed by atoms with Crippen molar-refractivity contribution in [2.45, 2.75) is 13.5 Å². The van der Waals surface area contributed by atoms with Crippen molar-refractivity contribution in [2.75, 3.05) is 40.4 Å². The van der Waals surface area contributed by atoms with Crippen molar-refractivity contribution in [1.82, 2.24) is 14.8 Å². The van der Waals surface area contributed by atoms with Gasteiger partial charge in [0.2, 0.25) is 5.91 Å². The summed E-state index contributed by atoms with van der Waals surface area (Å²) >= 11 is 0. The van der Waals surface area contributed by atoms with Gasteiger partial charge in [-0.3, -0.25) is 9.78 Å². The summed E-state index contributed by atoms with van der Waals surface area (Å²) in [7, 11) is 3.99. The molecular weight excluding hydrogens is 242 g/mol. The number of hydrogen-bond acceptors (Lipinski definition) is 4. The number of likely N-dealkylation sites (N-methyl/N-ethyl adjacent to an activating group) is 1. The summed E-state index contributed by atoms with van der Waals surface area (Å²) < 4.78 is 5.20. The minimum Gasteiger partial charge on any atom is -0.372 e. The predicted octanol–water partition coefficient (Wildman–Crippen LogP) is 1.01. The average molecular weight is 265 g/mol. The molecule has 0 atom stereocenters. The molecule has 1 aromatic rings. The first-order chi connectivity index (χ1) is 9.13. The number of carbonyl (C=O) groups excluding carboxylic acids is 1. The zero-order valence-electron chi connectivity index (χ0n) is 12.0. The second-order valence-corrected chi connectivity index (χ2v) is 4.62. The Bertz CT molecular complexity index is 368. The molecule has 1 rings (SSSR count). The van der Waals surface area contributed by atoms with Gasteiger partial charge < -0.3 is 14.5 Å². The lowest BCUT2D eigenvalue weighted by atomic mass is 10.2. The number of amides is 1. The summed E-state index contributed by atoms with van der Waals surface area (Å²) in [4.78, 5) is 20.0. The Balaban J connectivity index is 2.60. The fourth-order valence-electron chi connectivity index (χ4n) is 1.61. The van der Waals surface area contributed by atoms with Crippen molar-refractivity contribution in [2.24, 2.45) is 0 Å². The van der Waals surface area contributed by atoms with Gasteiger partial charge in [0, 0.05) is 38.6 Å². The maximum atomic E-state index is 12.1. The van der Waals surface area contributed by atoms with Crippen molar-refractivity contribution < 1.29 is 9.53 Å². The van der Waals surface area contributed by atoms with Gasteiger partial charge in [0.15, 0.2) is 0 Å². The van der Waals surface area contributed by atoms with E-state index in [1.165, 1.54) is 0 Å². The number of carbonyl (C=O) groups is 1. The number of hydrogen-bond donors (Lipinski definition) is 0. The van der Waals surface area contributed by atoms with Crippen LogP contribution in [-0.4, -0.2) is 61.1 Å². The third-order valence-corrected chi connectivity index (χ3v) is 2.70. The summed E-state index contributed by atoms with van der Waals surface area (Å²) in [6, 6.07) is 3.86. The molecule has 0 spiro atoms. The van der Waals surface area contributed by atoms with Crippen molar-refractivity contribution in [3.8, 4) is 0 Å². The second kappa shape index (κ2) is 8.61. The fourth-order valence-corrected chi connectivity index (χ4v) is 1.61. The van der Waals surface area contributed by atoms with Crippen LogP contribution in [-0.2, 0) is 16.1 Å². The Kier molecular flexibility index (Phi) is 7.07. The lowest BCUT2D eigenvalue weighted by Crippen LogP contribution is -2.38. The fraction of sp³-hybridized carbons (Fsp3) is 0.571. The molecule has 0 unspecified atom stereocenters. The summed E-state index contributed by atoms with van der Waals surface area (Å²) in [5.41, 5.74) is 1.03. The number of nitrogens with zero attached hydrogens (tertiary/aromatic N) is 3. The topological polar surface area (TPSA) is 45.7 Å². The van der Waals surface area contributed by atoms with Crippen LogP contribution in [0, 0.1) is 0 Å². The third-order valence-electron chi connectivity index (χ3n) is 2.70. The molecule has 0 aliphatic carbocycles. The van der Waals surface area contributed by atoms with E-state index in [0.29, 0.717) is 19.7 Å². The first kappa shape index (κ1) is 15.6. The first-order valence-electron chi connectivity index (χ1n) is 6.52. The van der Waals surface area contributed by atoms with Crippen LogP contribution in [0.4, 0.5) is 0 Å². The Morgan fingerprint density at radius 1 is 1.37 bits per heavy atom. The number of ether oxygens (including phenoxy) is 1. The monoisotopic (exact) mass is 265 g/mol. The van der Waals surface area contributed by atoms with Crippen LogP contribution in [0.1, 0.15) is 12.5 Å². The van der Waals surface area contributed by atoms with Gasteiger partial charge >= 0.3 is 0 Å². The summed E-state index contributed by atoms with van der Waals surface area (Å²) in [6.07, 6.45) is 3.52. The maximum absolute atomic E-state index is 12.1. The summed E-state index contributed by atoms with van der Waals surface area (Å²) in [5.74, 6) is 0.0209. The minimum atomic E-state index is 0.0209. The van der Waals surface area contributed by atoms with Gasteiger partial charge in [-0.05, 0) is 32.6 Å². The molecule has 0 aliphatic heterocycles. The van der Waals surface area contributed by atoms with Crippen molar-refractivity contribution in [3.63, 3.8) is 0 Å². The van der Waals surface area contributed by atoms with Gasteiger partial charge in [-0.1, -0.05) is 6.07 Å². The molecule has 0 saturated heterocycles. The zero-order chi connectivity index (χ0) is 14.1. The first-order valence-corrected chi connectivity index (χ1v) is 6.52. The number of rotatable bonds is 8. The number of aromatic nitrogens is 1. The van der Waals surface area contributed by atoms with Gasteiger partial charge in [0.1, 0.15) is 6.61 Å². The molecule has 0 N–H and O–H groups in total. The molecule has 19 heavy (non-hydrogen) atoms. The normalized spacial score (nSPS) is 10.7. The maximum Gasteiger partial charge on any atom is 0.248 e. The standard InChI is InChI=1S/C14H23N3O2/c1-4-19-12-14(18)17(9-8-16(2)3)11-13-6-5-7-15-10-13/h5-7,10H,4,8-9,11-12H2,1-3H3. The molecule has 0 radical (unpaired) electrons. The predicted molar refractivity (Wildman–Crippen MR) is 74.7 cm³/mol. The Hall–Kier alpha value is -1.46. The van der Waals surface area contributed by atoms with Gasteiger partial charge in [0.25, 0.3) is 0 Å². The molecular formula is C14H23N3O2. The molecule has 0 aromatic carbocycles. The van der Waals surface area contributed by atoms with Crippen LogP contribution < -0.4 is 0 Å². The highest BCUT2D eigenvalue weighted by Gasteiger charge is 2.14. The van der Waals surface area contributed by atoms with E-state index in [4.69, 9.17) is 4.74 Å². The van der Waals surface area contributed by atoms with E-state index in [1.54, 1.807) is 12.4 Å². The average Bonchev–Trinajstić information content (AvgIpc) is 2.41. The summed E-state index contributed by atoms with van der Waals surface area (Å²) in [5, 5.41) is 0. The Morgan fingerprint density at radius 3 is 2.74 bits per heavy atom. The second-order valence-electron chi connectivity index (χ2n) is 4.62. The van der Waals surface area contributed by atoms with Crippen LogP contribution in [0.15, 0.2) is 24.5 Å². The van der Waals surface area contributed by atoms with Gasteiger partial charge in [-0.25, -0.2) is 0 Å². The van der Waals surface area contributed by atoms with E-state index in [2.05, 4.69) is 9.88 Å². The molecule has 0 aliphatic rings. The third kappa shape index (κ3) is 6.31. The van der Waals surface area contributed by atoms with Crippen molar-refractivity contribution in [3.05, 3.63) is 30.1 Å². The van der Waals surface area contributed by atoms with Gasteiger partial charge in [-0.2, -0.15) is 0 Å². The smallest absolute Gasteiger partial charge is 0.248 e. The number of pyridine rings is 1. The summed E-state index contributed by atoms with van der Waals surface area (Å²) in [6.45, 7) is 4.68. The molecule has 1 amide bonds. The van der Waals surface area contributed by atoms with Crippen LogP contribution in [0.3, 0.4) is 0 Å².